The lowest BCUT2D eigenvalue weighted by Crippen LogP contribution is -2.42. The summed E-state index contributed by atoms with van der Waals surface area (Å²) in [5.41, 5.74) is 0. The monoisotopic (exact) mass is 327 g/mol. The second kappa shape index (κ2) is 7.13. The highest BCUT2D eigenvalue weighted by molar-refractivity contribution is 6.29. The summed E-state index contributed by atoms with van der Waals surface area (Å²) in [5.74, 6) is 0.389. The molecule has 0 bridgehead atoms. The Morgan fingerprint density at radius 2 is 2.05 bits per heavy atom. The number of hydrogen-bond acceptors (Lipinski definition) is 4. The Balaban J connectivity index is 1.80. The number of likely N-dealkylation sites (tertiary alicyclic amines) is 1. The standard InChI is InChI=1S/C15H22ClN3O3/c1-10(2)14(20)19-6-4-11(5-7-19)15(21)22-9-13-17-8-12(16)18(13)3/h8,10-11H,4-7,9H2,1-3H3. The van der Waals surface area contributed by atoms with Crippen molar-refractivity contribution in [1.82, 2.24) is 14.5 Å². The number of hydrogen-bond donors (Lipinski definition) is 0. The molecule has 6 nitrogen and oxygen atoms in total. The van der Waals surface area contributed by atoms with Crippen LogP contribution in [0.25, 0.3) is 0 Å². The maximum atomic E-state index is 12.1. The molecule has 0 aromatic carbocycles. The van der Waals surface area contributed by atoms with E-state index >= 15 is 0 Å². The zero-order valence-corrected chi connectivity index (χ0v) is 14.0. The van der Waals surface area contributed by atoms with Crippen LogP contribution in [0.15, 0.2) is 6.20 Å². The molecular formula is C15H22ClN3O3. The minimum Gasteiger partial charge on any atom is -0.457 e. The van der Waals surface area contributed by atoms with E-state index in [4.69, 9.17) is 16.3 Å². The molecule has 122 valence electrons. The van der Waals surface area contributed by atoms with E-state index in [0.29, 0.717) is 36.9 Å². The minimum absolute atomic E-state index is 0.00309. The van der Waals surface area contributed by atoms with Gasteiger partial charge >= 0.3 is 5.97 Å². The fourth-order valence-electron chi connectivity index (χ4n) is 2.51. The van der Waals surface area contributed by atoms with Crippen molar-refractivity contribution in [1.29, 1.82) is 0 Å². The third kappa shape index (κ3) is 3.80. The molecule has 2 heterocycles. The second-order valence-corrected chi connectivity index (χ2v) is 6.31. The van der Waals surface area contributed by atoms with Crippen LogP contribution >= 0.6 is 11.6 Å². The van der Waals surface area contributed by atoms with Gasteiger partial charge in [-0.15, -0.1) is 0 Å². The number of esters is 1. The molecule has 0 unspecified atom stereocenters. The maximum Gasteiger partial charge on any atom is 0.309 e. The fourth-order valence-corrected chi connectivity index (χ4v) is 2.66. The maximum absolute atomic E-state index is 12.1. The number of imidazole rings is 1. The fraction of sp³-hybridized carbons (Fsp3) is 0.667. The number of piperidine rings is 1. The van der Waals surface area contributed by atoms with Crippen LogP contribution in [0, 0.1) is 11.8 Å². The Kier molecular flexibility index (Phi) is 5.45. The van der Waals surface area contributed by atoms with Crippen molar-refractivity contribution in [3.05, 3.63) is 17.2 Å². The molecule has 1 aliphatic heterocycles. The first-order valence-corrected chi connectivity index (χ1v) is 7.89. The summed E-state index contributed by atoms with van der Waals surface area (Å²) in [7, 11) is 1.77. The number of rotatable bonds is 4. The van der Waals surface area contributed by atoms with Crippen molar-refractivity contribution in [2.75, 3.05) is 13.1 Å². The van der Waals surface area contributed by atoms with Gasteiger partial charge in [0, 0.05) is 26.1 Å². The molecule has 0 radical (unpaired) electrons. The number of carbonyl (C=O) groups is 2. The Hall–Kier alpha value is -1.56. The first-order valence-electron chi connectivity index (χ1n) is 7.51. The van der Waals surface area contributed by atoms with Gasteiger partial charge in [0.1, 0.15) is 17.6 Å². The van der Waals surface area contributed by atoms with E-state index in [1.54, 1.807) is 11.6 Å². The van der Waals surface area contributed by atoms with E-state index in [0.717, 1.165) is 0 Å². The molecule has 0 saturated carbocycles. The number of nitrogens with zero attached hydrogens (tertiary/aromatic N) is 3. The minimum atomic E-state index is -0.226. The summed E-state index contributed by atoms with van der Waals surface area (Å²) in [4.78, 5) is 29.9. The molecule has 1 aromatic heterocycles. The van der Waals surface area contributed by atoms with Gasteiger partial charge in [-0.2, -0.15) is 0 Å². The normalized spacial score (nSPS) is 16.1. The molecule has 1 fully saturated rings. The van der Waals surface area contributed by atoms with E-state index < -0.39 is 0 Å². The average Bonchev–Trinajstić information content (AvgIpc) is 2.83. The lowest BCUT2D eigenvalue weighted by Gasteiger charge is -2.32. The van der Waals surface area contributed by atoms with Gasteiger partial charge in [-0.25, -0.2) is 4.98 Å². The summed E-state index contributed by atoms with van der Waals surface area (Å²) in [6.45, 7) is 5.13. The Bertz CT molecular complexity index is 548. The van der Waals surface area contributed by atoms with Crippen LogP contribution in [0.4, 0.5) is 0 Å². The van der Waals surface area contributed by atoms with Gasteiger partial charge in [0.25, 0.3) is 0 Å². The summed E-state index contributed by atoms with van der Waals surface area (Å²) in [6, 6.07) is 0. The smallest absolute Gasteiger partial charge is 0.309 e. The molecule has 0 aliphatic carbocycles. The van der Waals surface area contributed by atoms with E-state index in [1.165, 1.54) is 6.20 Å². The van der Waals surface area contributed by atoms with Gasteiger partial charge in [-0.1, -0.05) is 25.4 Å². The van der Waals surface area contributed by atoms with E-state index in [1.807, 2.05) is 18.7 Å². The molecule has 1 amide bonds. The molecule has 2 rings (SSSR count). The first-order chi connectivity index (χ1) is 10.4. The van der Waals surface area contributed by atoms with E-state index in [2.05, 4.69) is 4.98 Å². The SMILES string of the molecule is CC(C)C(=O)N1CCC(C(=O)OCc2ncc(Cl)n2C)CC1. The summed E-state index contributed by atoms with van der Waals surface area (Å²) < 4.78 is 7.00. The van der Waals surface area contributed by atoms with Crippen molar-refractivity contribution in [2.24, 2.45) is 18.9 Å². The highest BCUT2D eigenvalue weighted by Crippen LogP contribution is 2.21. The molecular weight excluding hydrogens is 306 g/mol. The van der Waals surface area contributed by atoms with Crippen molar-refractivity contribution in [3.63, 3.8) is 0 Å². The first kappa shape index (κ1) is 16.8. The third-order valence-electron chi connectivity index (χ3n) is 4.01. The highest BCUT2D eigenvalue weighted by Gasteiger charge is 2.29. The van der Waals surface area contributed by atoms with Crippen LogP contribution in [-0.2, 0) is 28.0 Å². The molecule has 22 heavy (non-hydrogen) atoms. The molecule has 0 N–H and O–H groups in total. The van der Waals surface area contributed by atoms with E-state index in [-0.39, 0.29) is 30.3 Å². The molecule has 0 spiro atoms. The summed E-state index contributed by atoms with van der Waals surface area (Å²) in [6.07, 6.45) is 2.83. The lowest BCUT2D eigenvalue weighted by atomic mass is 9.96. The van der Waals surface area contributed by atoms with E-state index in [9.17, 15) is 9.59 Å². The van der Waals surface area contributed by atoms with Crippen molar-refractivity contribution < 1.29 is 14.3 Å². The highest BCUT2D eigenvalue weighted by atomic mass is 35.5. The predicted octanol–water partition coefficient (Wildman–Crippen LogP) is 2.01. The Morgan fingerprint density at radius 3 is 2.55 bits per heavy atom. The van der Waals surface area contributed by atoms with Crippen molar-refractivity contribution >= 4 is 23.5 Å². The van der Waals surface area contributed by atoms with Crippen LogP contribution in [0.1, 0.15) is 32.5 Å². The zero-order valence-electron chi connectivity index (χ0n) is 13.2. The largest absolute Gasteiger partial charge is 0.457 e. The van der Waals surface area contributed by atoms with Gasteiger partial charge in [0.2, 0.25) is 5.91 Å². The molecule has 7 heteroatoms. The van der Waals surface area contributed by atoms with Crippen LogP contribution in [0.3, 0.4) is 0 Å². The number of carbonyl (C=O) groups excluding carboxylic acids is 2. The molecule has 0 atom stereocenters. The molecule has 1 saturated heterocycles. The van der Waals surface area contributed by atoms with Gasteiger partial charge in [0.15, 0.2) is 0 Å². The molecule has 1 aromatic rings. The number of aromatic nitrogens is 2. The zero-order chi connectivity index (χ0) is 16.3. The van der Waals surface area contributed by atoms with Gasteiger partial charge in [0.05, 0.1) is 12.1 Å². The van der Waals surface area contributed by atoms with Crippen molar-refractivity contribution in [2.45, 2.75) is 33.3 Å². The van der Waals surface area contributed by atoms with Crippen LogP contribution in [0.2, 0.25) is 5.15 Å². The number of ether oxygens (including phenoxy) is 1. The van der Waals surface area contributed by atoms with Gasteiger partial charge in [-0.3, -0.25) is 9.59 Å². The second-order valence-electron chi connectivity index (χ2n) is 5.92. The summed E-state index contributed by atoms with van der Waals surface area (Å²) >= 11 is 5.89. The van der Waals surface area contributed by atoms with Gasteiger partial charge in [-0.05, 0) is 12.8 Å². The quantitative estimate of drug-likeness (QED) is 0.794. The van der Waals surface area contributed by atoms with Crippen LogP contribution < -0.4 is 0 Å². The van der Waals surface area contributed by atoms with Gasteiger partial charge < -0.3 is 14.2 Å². The predicted molar refractivity (Wildman–Crippen MR) is 82.2 cm³/mol. The summed E-state index contributed by atoms with van der Waals surface area (Å²) in [5, 5.41) is 0.506. The third-order valence-corrected chi connectivity index (χ3v) is 4.36. The topological polar surface area (TPSA) is 64.4 Å². The number of amides is 1. The lowest BCUT2D eigenvalue weighted by molar-refractivity contribution is -0.153. The Morgan fingerprint density at radius 1 is 1.41 bits per heavy atom. The van der Waals surface area contributed by atoms with Crippen LogP contribution in [0.5, 0.6) is 0 Å². The Labute approximate surface area is 135 Å². The molecule has 1 aliphatic rings. The number of halogens is 1. The van der Waals surface area contributed by atoms with Crippen molar-refractivity contribution in [3.8, 4) is 0 Å². The average molecular weight is 328 g/mol. The van der Waals surface area contributed by atoms with Crippen LogP contribution in [-0.4, -0.2) is 39.4 Å².